The largest absolute Gasteiger partial charge is 0.496 e. The van der Waals surface area contributed by atoms with Crippen LogP contribution in [0.15, 0.2) is 18.2 Å². The summed E-state index contributed by atoms with van der Waals surface area (Å²) in [6.07, 6.45) is 5.58. The molecule has 1 aromatic carbocycles. The molecule has 8 heteroatoms. The van der Waals surface area contributed by atoms with Crippen molar-refractivity contribution in [3.05, 3.63) is 34.9 Å². The number of aliphatic carboxylic acids is 1. The van der Waals surface area contributed by atoms with E-state index in [1.807, 2.05) is 32.0 Å². The number of anilines is 1. The molecule has 2 aliphatic rings. The number of carbonyl (C=O) groups is 1. The molecular weight excluding hydrogens is 448 g/mol. The van der Waals surface area contributed by atoms with Crippen LogP contribution in [-0.2, 0) is 20.9 Å². The van der Waals surface area contributed by atoms with Gasteiger partial charge >= 0.3 is 5.97 Å². The van der Waals surface area contributed by atoms with Gasteiger partial charge in [-0.25, -0.2) is 9.78 Å². The van der Waals surface area contributed by atoms with E-state index in [4.69, 9.17) is 23.9 Å². The fourth-order valence-corrected chi connectivity index (χ4v) is 5.17. The number of carboxylic acids is 1. The third-order valence-electron chi connectivity index (χ3n) is 7.18. The van der Waals surface area contributed by atoms with Crippen LogP contribution in [-0.4, -0.2) is 55.1 Å². The highest BCUT2D eigenvalue weighted by Gasteiger charge is 2.40. The maximum Gasteiger partial charge on any atom is 0.329 e. The van der Waals surface area contributed by atoms with Crippen LogP contribution < -0.4 is 14.8 Å². The van der Waals surface area contributed by atoms with Crippen molar-refractivity contribution in [1.82, 2.24) is 4.98 Å². The van der Waals surface area contributed by atoms with Crippen molar-refractivity contribution in [3.8, 4) is 22.9 Å². The normalized spacial score (nSPS) is 17.8. The molecule has 1 saturated carbocycles. The highest BCUT2D eigenvalue weighted by Crippen LogP contribution is 2.37. The molecule has 0 amide bonds. The van der Waals surface area contributed by atoms with Gasteiger partial charge < -0.3 is 29.4 Å². The summed E-state index contributed by atoms with van der Waals surface area (Å²) in [5.41, 5.74) is 4.14. The second-order valence-corrected chi connectivity index (χ2v) is 9.51. The molecule has 1 aliphatic heterocycles. The molecule has 2 fully saturated rings. The third-order valence-corrected chi connectivity index (χ3v) is 7.18. The summed E-state index contributed by atoms with van der Waals surface area (Å²) in [6.45, 7) is 5.18. The van der Waals surface area contributed by atoms with E-state index in [0.29, 0.717) is 44.3 Å². The van der Waals surface area contributed by atoms with Gasteiger partial charge in [0.1, 0.15) is 11.3 Å². The van der Waals surface area contributed by atoms with Crippen LogP contribution >= 0.6 is 0 Å². The maximum atomic E-state index is 12.2. The van der Waals surface area contributed by atoms with Crippen molar-refractivity contribution in [2.24, 2.45) is 0 Å². The number of hydrogen-bond acceptors (Lipinski definition) is 7. The Kier molecular flexibility index (Phi) is 7.82. The van der Waals surface area contributed by atoms with Crippen molar-refractivity contribution >= 4 is 11.7 Å². The molecule has 2 aromatic rings. The number of aromatic nitrogens is 1. The zero-order valence-electron chi connectivity index (χ0n) is 21.1. The second-order valence-electron chi connectivity index (χ2n) is 9.51. The van der Waals surface area contributed by atoms with Crippen LogP contribution in [0.5, 0.6) is 11.6 Å². The van der Waals surface area contributed by atoms with Crippen molar-refractivity contribution in [3.63, 3.8) is 0 Å². The van der Waals surface area contributed by atoms with Gasteiger partial charge in [-0.1, -0.05) is 12.8 Å². The average molecular weight is 485 g/mol. The summed E-state index contributed by atoms with van der Waals surface area (Å²) in [6, 6.07) is 5.90. The fraction of sp³-hybridized carbons (Fsp3) is 0.556. The molecule has 1 saturated heterocycles. The second kappa shape index (κ2) is 10.8. The number of benzene rings is 1. The number of methoxy groups -OCH3 is 2. The molecule has 0 spiro atoms. The molecule has 0 unspecified atom stereocenters. The number of pyridine rings is 1. The zero-order chi connectivity index (χ0) is 25.0. The van der Waals surface area contributed by atoms with Gasteiger partial charge in [0.15, 0.2) is 0 Å². The minimum Gasteiger partial charge on any atom is -0.496 e. The lowest BCUT2D eigenvalue weighted by molar-refractivity contribution is -0.145. The monoisotopic (exact) mass is 484 g/mol. The van der Waals surface area contributed by atoms with Crippen LogP contribution in [0.25, 0.3) is 11.3 Å². The first kappa shape index (κ1) is 25.3. The Hall–Kier alpha value is -2.84. The predicted molar refractivity (Wildman–Crippen MR) is 133 cm³/mol. The van der Waals surface area contributed by atoms with E-state index in [0.717, 1.165) is 46.5 Å². The van der Waals surface area contributed by atoms with E-state index in [1.165, 1.54) is 12.8 Å². The number of rotatable bonds is 9. The summed E-state index contributed by atoms with van der Waals surface area (Å²) >= 11 is 0. The highest BCUT2D eigenvalue weighted by molar-refractivity contribution is 5.84. The first-order valence-corrected chi connectivity index (χ1v) is 12.3. The number of carboxylic acid groups (broad SMARTS) is 1. The molecule has 2 heterocycles. The van der Waals surface area contributed by atoms with Gasteiger partial charge in [-0.05, 0) is 49.9 Å². The number of hydrogen-bond donors (Lipinski definition) is 2. The number of nitrogens with one attached hydrogen (secondary N) is 1. The van der Waals surface area contributed by atoms with Crippen LogP contribution in [0.3, 0.4) is 0 Å². The lowest BCUT2D eigenvalue weighted by Gasteiger charge is -2.35. The Labute approximate surface area is 206 Å². The average Bonchev–Trinajstić information content (AvgIpc) is 3.37. The van der Waals surface area contributed by atoms with Crippen LogP contribution in [0, 0.1) is 13.8 Å². The van der Waals surface area contributed by atoms with Gasteiger partial charge in [0, 0.05) is 43.4 Å². The molecule has 35 heavy (non-hydrogen) atoms. The van der Waals surface area contributed by atoms with Crippen LogP contribution in [0.4, 0.5) is 5.69 Å². The topological polar surface area (TPSA) is 99.1 Å². The Morgan fingerprint density at radius 1 is 1.14 bits per heavy atom. The lowest BCUT2D eigenvalue weighted by Crippen LogP contribution is -2.50. The van der Waals surface area contributed by atoms with Crippen LogP contribution in [0.1, 0.15) is 55.2 Å². The standard InChI is InChI=1S/C27H36N2O6/c1-17-13-20(29-27(26(30)31)9-11-34-12-10-27)14-19(16-35-21-7-5-6-8-21)24(17)22-15-23(32-3)18(2)25(28-22)33-4/h13-15,21,29H,5-12,16H2,1-4H3,(H,30,31). The molecule has 8 nitrogen and oxygen atoms in total. The predicted octanol–water partition coefficient (Wildman–Crippen LogP) is 4.89. The van der Waals surface area contributed by atoms with E-state index in [9.17, 15) is 9.90 Å². The first-order valence-electron chi connectivity index (χ1n) is 12.3. The van der Waals surface area contributed by atoms with Crippen molar-refractivity contribution in [2.45, 2.75) is 70.6 Å². The van der Waals surface area contributed by atoms with Crippen molar-refractivity contribution in [2.75, 3.05) is 32.8 Å². The third kappa shape index (κ3) is 5.38. The molecule has 1 aliphatic carbocycles. The summed E-state index contributed by atoms with van der Waals surface area (Å²) in [5.74, 6) is 0.347. The first-order chi connectivity index (χ1) is 16.9. The molecular formula is C27H36N2O6. The number of aryl methyl sites for hydroxylation is 1. The molecule has 0 atom stereocenters. The van der Waals surface area contributed by atoms with Crippen molar-refractivity contribution in [1.29, 1.82) is 0 Å². The van der Waals surface area contributed by atoms with Gasteiger partial charge in [0.05, 0.1) is 38.2 Å². The SMILES string of the molecule is COc1cc(-c2c(C)cc(NC3(C(=O)O)CCOCC3)cc2COC2CCCC2)nc(OC)c1C. The van der Waals surface area contributed by atoms with Gasteiger partial charge in [0.2, 0.25) is 5.88 Å². The highest BCUT2D eigenvalue weighted by atomic mass is 16.5. The molecule has 2 N–H and O–H groups in total. The molecule has 1 aromatic heterocycles. The minimum absolute atomic E-state index is 0.246. The van der Waals surface area contributed by atoms with Gasteiger partial charge in [0.25, 0.3) is 0 Å². The molecule has 0 radical (unpaired) electrons. The summed E-state index contributed by atoms with van der Waals surface area (Å²) < 4.78 is 22.9. The number of ether oxygens (including phenoxy) is 4. The smallest absolute Gasteiger partial charge is 0.329 e. The molecule has 4 rings (SSSR count). The Balaban J connectivity index is 1.76. The van der Waals surface area contributed by atoms with Crippen molar-refractivity contribution < 1.29 is 28.8 Å². The quantitative estimate of drug-likeness (QED) is 0.519. The zero-order valence-corrected chi connectivity index (χ0v) is 21.1. The summed E-state index contributed by atoms with van der Waals surface area (Å²) in [4.78, 5) is 17.0. The van der Waals surface area contributed by atoms with E-state index >= 15 is 0 Å². The van der Waals surface area contributed by atoms with E-state index in [1.54, 1.807) is 14.2 Å². The van der Waals surface area contributed by atoms with E-state index in [-0.39, 0.29) is 6.10 Å². The summed E-state index contributed by atoms with van der Waals surface area (Å²) in [5, 5.41) is 13.4. The van der Waals surface area contributed by atoms with E-state index in [2.05, 4.69) is 5.32 Å². The Morgan fingerprint density at radius 2 is 1.86 bits per heavy atom. The minimum atomic E-state index is -1.05. The van der Waals surface area contributed by atoms with Gasteiger partial charge in [-0.3, -0.25) is 0 Å². The molecule has 0 bridgehead atoms. The molecule has 190 valence electrons. The van der Waals surface area contributed by atoms with Crippen LogP contribution in [0.2, 0.25) is 0 Å². The summed E-state index contributed by atoms with van der Waals surface area (Å²) in [7, 11) is 3.23. The fourth-order valence-electron chi connectivity index (χ4n) is 5.17. The Bertz CT molecular complexity index is 1030. The maximum absolute atomic E-state index is 12.2. The van der Waals surface area contributed by atoms with E-state index < -0.39 is 11.5 Å². The van der Waals surface area contributed by atoms with Gasteiger partial charge in [-0.15, -0.1) is 0 Å². The van der Waals surface area contributed by atoms with Gasteiger partial charge in [-0.2, -0.15) is 0 Å². The Morgan fingerprint density at radius 3 is 2.49 bits per heavy atom. The lowest BCUT2D eigenvalue weighted by atomic mass is 9.89. The number of nitrogens with zero attached hydrogens (tertiary/aromatic N) is 1.